The molecule has 3 aliphatic rings. The topological polar surface area (TPSA) is 82.0 Å². The van der Waals surface area contributed by atoms with Gasteiger partial charge < -0.3 is 33.7 Å². The molecule has 0 amide bonds. The van der Waals surface area contributed by atoms with Crippen LogP contribution in [0.1, 0.15) is 25.0 Å². The first-order valence-corrected chi connectivity index (χ1v) is 10.5. The SMILES string of the molecule is CC(C)OCCOc1ccc2c(c1)CCN1C2=CC(OC[C@@H]2COCCO2)=NC1O. The van der Waals surface area contributed by atoms with Crippen molar-refractivity contribution in [3.63, 3.8) is 0 Å². The van der Waals surface area contributed by atoms with Gasteiger partial charge in [0.1, 0.15) is 25.1 Å². The lowest BCUT2D eigenvalue weighted by Crippen LogP contribution is -2.41. The molecule has 0 saturated carbocycles. The van der Waals surface area contributed by atoms with E-state index in [0.717, 1.165) is 23.4 Å². The first-order valence-electron chi connectivity index (χ1n) is 10.5. The fourth-order valence-corrected chi connectivity index (χ4v) is 3.70. The van der Waals surface area contributed by atoms with E-state index in [9.17, 15) is 5.11 Å². The van der Waals surface area contributed by atoms with Crippen LogP contribution in [0.15, 0.2) is 29.3 Å². The van der Waals surface area contributed by atoms with Gasteiger partial charge in [0.2, 0.25) is 12.2 Å². The van der Waals surface area contributed by atoms with Crippen molar-refractivity contribution in [2.45, 2.75) is 38.8 Å². The van der Waals surface area contributed by atoms with Gasteiger partial charge in [-0.25, -0.2) is 0 Å². The van der Waals surface area contributed by atoms with Gasteiger partial charge in [0, 0.05) is 18.2 Å². The van der Waals surface area contributed by atoms with Crippen LogP contribution in [0.5, 0.6) is 5.75 Å². The summed E-state index contributed by atoms with van der Waals surface area (Å²) >= 11 is 0. The van der Waals surface area contributed by atoms with Crippen LogP contribution in [-0.4, -0.2) is 80.6 Å². The number of fused-ring (bicyclic) bond motifs is 3. The van der Waals surface area contributed by atoms with Crippen LogP contribution in [-0.2, 0) is 25.4 Å². The van der Waals surface area contributed by atoms with E-state index < -0.39 is 6.35 Å². The second-order valence-electron chi connectivity index (χ2n) is 7.75. The minimum Gasteiger partial charge on any atom is -0.491 e. The minimum absolute atomic E-state index is 0.118. The third-order valence-electron chi connectivity index (χ3n) is 5.17. The molecule has 2 atom stereocenters. The van der Waals surface area contributed by atoms with Gasteiger partial charge in [0.25, 0.3) is 0 Å². The predicted molar refractivity (Wildman–Crippen MR) is 111 cm³/mol. The Morgan fingerprint density at radius 2 is 2.13 bits per heavy atom. The predicted octanol–water partition coefficient (Wildman–Crippen LogP) is 1.81. The highest BCUT2D eigenvalue weighted by Crippen LogP contribution is 2.34. The summed E-state index contributed by atoms with van der Waals surface area (Å²) in [6.45, 7) is 7.80. The summed E-state index contributed by atoms with van der Waals surface area (Å²) in [6, 6.07) is 6.04. The molecule has 0 spiro atoms. The molecule has 4 rings (SSSR count). The summed E-state index contributed by atoms with van der Waals surface area (Å²) in [7, 11) is 0. The molecule has 30 heavy (non-hydrogen) atoms. The van der Waals surface area contributed by atoms with Gasteiger partial charge in [0.05, 0.1) is 38.2 Å². The molecule has 0 aromatic heterocycles. The highest BCUT2D eigenvalue weighted by Gasteiger charge is 2.30. The number of nitrogens with zero attached hydrogens (tertiary/aromatic N) is 2. The van der Waals surface area contributed by atoms with Crippen LogP contribution in [0.3, 0.4) is 0 Å². The van der Waals surface area contributed by atoms with E-state index in [1.807, 2.05) is 37.0 Å². The zero-order valence-electron chi connectivity index (χ0n) is 17.6. The lowest BCUT2D eigenvalue weighted by molar-refractivity contribution is -0.103. The van der Waals surface area contributed by atoms with Gasteiger partial charge in [-0.05, 0) is 44.0 Å². The molecule has 1 saturated heterocycles. The Bertz CT molecular complexity index is 788. The van der Waals surface area contributed by atoms with Gasteiger partial charge in [-0.15, -0.1) is 0 Å². The number of benzene rings is 1. The van der Waals surface area contributed by atoms with E-state index in [1.54, 1.807) is 0 Å². The summed E-state index contributed by atoms with van der Waals surface area (Å²) in [5.41, 5.74) is 3.14. The molecule has 1 unspecified atom stereocenters. The molecule has 0 aliphatic carbocycles. The molecule has 0 bridgehead atoms. The molecule has 3 aliphatic heterocycles. The van der Waals surface area contributed by atoms with E-state index in [2.05, 4.69) is 11.1 Å². The number of hydrogen-bond donors (Lipinski definition) is 1. The Morgan fingerprint density at radius 3 is 2.93 bits per heavy atom. The molecule has 1 aromatic rings. The molecule has 8 heteroatoms. The van der Waals surface area contributed by atoms with Gasteiger partial charge >= 0.3 is 0 Å². The lowest BCUT2D eigenvalue weighted by Gasteiger charge is -2.37. The quantitative estimate of drug-likeness (QED) is 0.677. The number of aliphatic hydroxyl groups is 1. The number of aliphatic imine (C=N–C) groups is 1. The second-order valence-corrected chi connectivity index (χ2v) is 7.75. The molecule has 1 N–H and O–H groups in total. The standard InChI is InChI=1S/C22H30N2O6/c1-15(2)27-9-10-28-17-3-4-19-16(11-17)5-6-24-20(19)12-21(23-22(24)25)30-14-18-13-26-7-8-29-18/h3-4,11-12,15,18,22,25H,5-10,13-14H2,1-2H3/t18-,22?/m0/s1. The van der Waals surface area contributed by atoms with Crippen LogP contribution >= 0.6 is 0 Å². The van der Waals surface area contributed by atoms with E-state index in [-0.39, 0.29) is 12.2 Å². The summed E-state index contributed by atoms with van der Waals surface area (Å²) in [5, 5.41) is 10.5. The highest BCUT2D eigenvalue weighted by atomic mass is 16.6. The maximum absolute atomic E-state index is 10.5. The van der Waals surface area contributed by atoms with Crippen molar-refractivity contribution in [2.75, 3.05) is 46.2 Å². The van der Waals surface area contributed by atoms with Crippen molar-refractivity contribution < 1.29 is 28.8 Å². The van der Waals surface area contributed by atoms with Crippen LogP contribution < -0.4 is 4.74 Å². The Balaban J connectivity index is 1.42. The average molecular weight is 418 g/mol. The third-order valence-corrected chi connectivity index (χ3v) is 5.17. The molecule has 8 nitrogen and oxygen atoms in total. The molecule has 164 valence electrons. The van der Waals surface area contributed by atoms with E-state index in [4.69, 9.17) is 23.7 Å². The highest BCUT2D eigenvalue weighted by molar-refractivity contribution is 5.97. The smallest absolute Gasteiger partial charge is 0.229 e. The van der Waals surface area contributed by atoms with Crippen LogP contribution in [0.25, 0.3) is 5.70 Å². The molecule has 3 heterocycles. The Morgan fingerprint density at radius 1 is 1.23 bits per heavy atom. The Labute approximate surface area is 177 Å². The van der Waals surface area contributed by atoms with Crippen molar-refractivity contribution in [2.24, 2.45) is 4.99 Å². The van der Waals surface area contributed by atoms with Crippen molar-refractivity contribution >= 4 is 11.6 Å². The van der Waals surface area contributed by atoms with Crippen LogP contribution in [0.4, 0.5) is 0 Å². The van der Waals surface area contributed by atoms with Gasteiger partial charge in [-0.2, -0.15) is 4.99 Å². The first-order chi connectivity index (χ1) is 14.6. The zero-order valence-corrected chi connectivity index (χ0v) is 17.6. The summed E-state index contributed by atoms with van der Waals surface area (Å²) in [4.78, 5) is 6.15. The largest absolute Gasteiger partial charge is 0.491 e. The van der Waals surface area contributed by atoms with Gasteiger partial charge in [-0.3, -0.25) is 0 Å². The van der Waals surface area contributed by atoms with Crippen molar-refractivity contribution in [1.82, 2.24) is 4.90 Å². The number of rotatable bonds is 7. The summed E-state index contributed by atoms with van der Waals surface area (Å²) in [5.74, 6) is 1.23. The molecule has 1 aromatic carbocycles. The first kappa shape index (κ1) is 21.1. The summed E-state index contributed by atoms with van der Waals surface area (Å²) < 4.78 is 28.2. The average Bonchev–Trinajstić information content (AvgIpc) is 2.75. The number of ether oxygens (including phenoxy) is 5. The normalized spacial score (nSPS) is 23.4. The fourth-order valence-electron chi connectivity index (χ4n) is 3.70. The van der Waals surface area contributed by atoms with Crippen molar-refractivity contribution in [3.8, 4) is 5.75 Å². The van der Waals surface area contributed by atoms with Gasteiger partial charge in [0.15, 0.2) is 0 Å². The van der Waals surface area contributed by atoms with E-state index in [1.165, 1.54) is 5.56 Å². The Hall–Kier alpha value is -2.13. The Kier molecular flexibility index (Phi) is 6.89. The maximum Gasteiger partial charge on any atom is 0.229 e. The second kappa shape index (κ2) is 9.78. The van der Waals surface area contributed by atoms with Crippen LogP contribution in [0, 0.1) is 0 Å². The van der Waals surface area contributed by atoms with E-state index >= 15 is 0 Å². The number of hydrogen-bond acceptors (Lipinski definition) is 8. The minimum atomic E-state index is -0.958. The molecular formula is C22H30N2O6. The third kappa shape index (κ3) is 5.13. The molecule has 1 fully saturated rings. The zero-order chi connectivity index (χ0) is 20.9. The monoisotopic (exact) mass is 418 g/mol. The summed E-state index contributed by atoms with van der Waals surface area (Å²) in [6.07, 6.45) is 1.81. The lowest BCUT2D eigenvalue weighted by atomic mass is 9.95. The molecule has 0 radical (unpaired) electrons. The fraction of sp³-hybridized carbons (Fsp3) is 0.591. The number of aliphatic hydroxyl groups excluding tert-OH is 1. The van der Waals surface area contributed by atoms with Gasteiger partial charge in [-0.1, -0.05) is 0 Å². The molecular weight excluding hydrogens is 388 g/mol. The maximum atomic E-state index is 10.5. The van der Waals surface area contributed by atoms with Crippen molar-refractivity contribution in [3.05, 3.63) is 35.4 Å². The van der Waals surface area contributed by atoms with Crippen LogP contribution in [0.2, 0.25) is 0 Å². The van der Waals surface area contributed by atoms with E-state index in [0.29, 0.717) is 52.1 Å². The van der Waals surface area contributed by atoms with Crippen molar-refractivity contribution in [1.29, 1.82) is 0 Å².